The van der Waals surface area contributed by atoms with E-state index in [1.54, 1.807) is 22.7 Å². The van der Waals surface area contributed by atoms with E-state index in [0.717, 1.165) is 25.1 Å². The standard InChI is InChI=1S/C11H17N3O2/c1-8-6-10(13(2)12-8)11(16)14-5-3-4-9(14)7-15/h6,9,15H,3-5,7H2,1-2H3/t9-/m1/s1. The van der Waals surface area contributed by atoms with Gasteiger partial charge in [-0.25, -0.2) is 0 Å². The van der Waals surface area contributed by atoms with E-state index in [0.29, 0.717) is 5.69 Å². The number of hydrogen-bond donors (Lipinski definition) is 1. The third kappa shape index (κ3) is 1.82. The SMILES string of the molecule is Cc1cc(C(=O)N2CCC[C@@H]2CO)n(C)n1. The molecule has 0 unspecified atom stereocenters. The van der Waals surface area contributed by atoms with Crippen LogP contribution in [0.15, 0.2) is 6.07 Å². The normalized spacial score (nSPS) is 20.4. The zero-order valence-electron chi connectivity index (χ0n) is 9.68. The van der Waals surface area contributed by atoms with Crippen LogP contribution in [0.2, 0.25) is 0 Å². The van der Waals surface area contributed by atoms with Crippen LogP contribution in [0.5, 0.6) is 0 Å². The van der Waals surface area contributed by atoms with Gasteiger partial charge in [-0.2, -0.15) is 5.10 Å². The minimum Gasteiger partial charge on any atom is -0.394 e. The van der Waals surface area contributed by atoms with Gasteiger partial charge in [-0.3, -0.25) is 9.48 Å². The van der Waals surface area contributed by atoms with E-state index >= 15 is 0 Å². The maximum absolute atomic E-state index is 12.2. The van der Waals surface area contributed by atoms with Gasteiger partial charge < -0.3 is 10.0 Å². The van der Waals surface area contributed by atoms with Crippen molar-refractivity contribution in [2.24, 2.45) is 7.05 Å². The van der Waals surface area contributed by atoms with Crippen LogP contribution < -0.4 is 0 Å². The summed E-state index contributed by atoms with van der Waals surface area (Å²) in [6, 6.07) is 1.76. The van der Waals surface area contributed by atoms with Crippen LogP contribution in [0, 0.1) is 6.92 Å². The summed E-state index contributed by atoms with van der Waals surface area (Å²) in [6.45, 7) is 2.64. The smallest absolute Gasteiger partial charge is 0.272 e. The van der Waals surface area contributed by atoms with E-state index in [2.05, 4.69) is 5.10 Å². The molecule has 1 amide bonds. The summed E-state index contributed by atoms with van der Waals surface area (Å²) in [6.07, 6.45) is 1.85. The second-order valence-corrected chi connectivity index (χ2v) is 4.27. The molecule has 1 aromatic rings. The van der Waals surface area contributed by atoms with Crippen molar-refractivity contribution >= 4 is 5.91 Å². The molecule has 1 fully saturated rings. The Morgan fingerprint density at radius 1 is 1.69 bits per heavy atom. The monoisotopic (exact) mass is 223 g/mol. The highest BCUT2D eigenvalue weighted by molar-refractivity contribution is 5.93. The first-order valence-electron chi connectivity index (χ1n) is 5.56. The summed E-state index contributed by atoms with van der Waals surface area (Å²) in [7, 11) is 1.77. The number of aryl methyl sites for hydroxylation is 2. The molecule has 16 heavy (non-hydrogen) atoms. The van der Waals surface area contributed by atoms with Gasteiger partial charge in [-0.05, 0) is 25.8 Å². The average molecular weight is 223 g/mol. The lowest BCUT2D eigenvalue weighted by atomic mass is 10.2. The topological polar surface area (TPSA) is 58.4 Å². The molecule has 5 heteroatoms. The Bertz CT molecular complexity index is 400. The minimum atomic E-state index is -0.0281. The quantitative estimate of drug-likeness (QED) is 0.785. The molecule has 1 aliphatic rings. The first kappa shape index (κ1) is 11.1. The Labute approximate surface area is 94.7 Å². The van der Waals surface area contributed by atoms with Gasteiger partial charge in [-0.1, -0.05) is 0 Å². The van der Waals surface area contributed by atoms with E-state index in [-0.39, 0.29) is 18.6 Å². The van der Waals surface area contributed by atoms with Crippen LogP contribution in [0.3, 0.4) is 0 Å². The molecule has 0 spiro atoms. The molecule has 1 N–H and O–H groups in total. The van der Waals surface area contributed by atoms with E-state index in [9.17, 15) is 9.90 Å². The van der Waals surface area contributed by atoms with Crippen molar-refractivity contribution < 1.29 is 9.90 Å². The summed E-state index contributed by atoms with van der Waals surface area (Å²) in [5, 5.41) is 13.4. The third-order valence-electron chi connectivity index (χ3n) is 3.07. The van der Waals surface area contributed by atoms with Gasteiger partial charge in [0.05, 0.1) is 18.3 Å². The van der Waals surface area contributed by atoms with Gasteiger partial charge in [-0.15, -0.1) is 0 Å². The van der Waals surface area contributed by atoms with Crippen LogP contribution in [-0.4, -0.2) is 44.9 Å². The summed E-state index contributed by atoms with van der Waals surface area (Å²) >= 11 is 0. The number of aliphatic hydroxyl groups is 1. The number of aliphatic hydroxyl groups excluding tert-OH is 1. The number of rotatable bonds is 2. The number of likely N-dealkylation sites (tertiary alicyclic amines) is 1. The number of nitrogens with zero attached hydrogens (tertiary/aromatic N) is 3. The number of aromatic nitrogens is 2. The Morgan fingerprint density at radius 3 is 3.00 bits per heavy atom. The van der Waals surface area contributed by atoms with Crippen molar-refractivity contribution in [1.29, 1.82) is 0 Å². The number of carbonyl (C=O) groups excluding carboxylic acids is 1. The molecule has 88 valence electrons. The second kappa shape index (κ2) is 4.25. The summed E-state index contributed by atoms with van der Waals surface area (Å²) < 4.78 is 1.60. The van der Waals surface area contributed by atoms with Gasteiger partial charge in [0, 0.05) is 13.6 Å². The zero-order valence-corrected chi connectivity index (χ0v) is 9.68. The first-order chi connectivity index (χ1) is 7.63. The predicted molar refractivity (Wildman–Crippen MR) is 59.1 cm³/mol. The number of amides is 1. The van der Waals surface area contributed by atoms with Crippen LogP contribution in [0.4, 0.5) is 0 Å². The molecule has 1 saturated heterocycles. The molecule has 1 atom stereocenters. The van der Waals surface area contributed by atoms with Crippen molar-refractivity contribution in [2.45, 2.75) is 25.8 Å². The highest BCUT2D eigenvalue weighted by Crippen LogP contribution is 2.19. The van der Waals surface area contributed by atoms with Gasteiger partial charge >= 0.3 is 0 Å². The van der Waals surface area contributed by atoms with Crippen molar-refractivity contribution in [3.8, 4) is 0 Å². The van der Waals surface area contributed by atoms with E-state index in [4.69, 9.17) is 0 Å². The van der Waals surface area contributed by atoms with E-state index in [1.165, 1.54) is 0 Å². The van der Waals surface area contributed by atoms with Crippen molar-refractivity contribution in [2.75, 3.05) is 13.2 Å². The molecule has 5 nitrogen and oxygen atoms in total. The lowest BCUT2D eigenvalue weighted by Gasteiger charge is -2.22. The maximum Gasteiger partial charge on any atom is 0.272 e. The molecule has 0 bridgehead atoms. The first-order valence-corrected chi connectivity index (χ1v) is 5.56. The minimum absolute atomic E-state index is 0.0253. The molecule has 2 rings (SSSR count). The fourth-order valence-electron chi connectivity index (χ4n) is 2.25. The molecule has 0 aromatic carbocycles. The van der Waals surface area contributed by atoms with E-state index in [1.807, 2.05) is 6.92 Å². The Morgan fingerprint density at radius 2 is 2.44 bits per heavy atom. The number of hydrogen-bond acceptors (Lipinski definition) is 3. The molecular formula is C11H17N3O2. The fourth-order valence-corrected chi connectivity index (χ4v) is 2.25. The van der Waals surface area contributed by atoms with E-state index < -0.39 is 0 Å². The molecular weight excluding hydrogens is 206 g/mol. The van der Waals surface area contributed by atoms with Crippen molar-refractivity contribution in [3.63, 3.8) is 0 Å². The Balaban J connectivity index is 2.21. The molecule has 0 radical (unpaired) electrons. The lowest BCUT2D eigenvalue weighted by Crippen LogP contribution is -2.38. The molecule has 2 heterocycles. The van der Waals surface area contributed by atoms with Crippen LogP contribution in [0.1, 0.15) is 29.0 Å². The largest absolute Gasteiger partial charge is 0.394 e. The predicted octanol–water partition coefficient (Wildman–Crippen LogP) is 0.325. The van der Waals surface area contributed by atoms with Crippen LogP contribution >= 0.6 is 0 Å². The van der Waals surface area contributed by atoms with Gasteiger partial charge in [0.2, 0.25) is 0 Å². The van der Waals surface area contributed by atoms with Gasteiger partial charge in [0.1, 0.15) is 5.69 Å². The summed E-state index contributed by atoms with van der Waals surface area (Å²) in [5.74, 6) is -0.0281. The number of carbonyl (C=O) groups is 1. The zero-order chi connectivity index (χ0) is 11.7. The van der Waals surface area contributed by atoms with Crippen LogP contribution in [-0.2, 0) is 7.05 Å². The molecule has 1 aromatic heterocycles. The molecule has 0 aliphatic carbocycles. The Kier molecular flexibility index (Phi) is 2.96. The highest BCUT2D eigenvalue weighted by Gasteiger charge is 2.30. The van der Waals surface area contributed by atoms with Crippen molar-refractivity contribution in [1.82, 2.24) is 14.7 Å². The molecule has 1 aliphatic heterocycles. The highest BCUT2D eigenvalue weighted by atomic mass is 16.3. The second-order valence-electron chi connectivity index (χ2n) is 4.27. The van der Waals surface area contributed by atoms with Crippen molar-refractivity contribution in [3.05, 3.63) is 17.5 Å². The summed E-state index contributed by atoms with van der Waals surface area (Å²) in [4.78, 5) is 14.0. The van der Waals surface area contributed by atoms with Crippen LogP contribution in [0.25, 0.3) is 0 Å². The summed E-state index contributed by atoms with van der Waals surface area (Å²) in [5.41, 5.74) is 1.43. The average Bonchev–Trinajstić information content (AvgIpc) is 2.83. The molecule has 0 saturated carbocycles. The van der Waals surface area contributed by atoms with Gasteiger partial charge in [0.15, 0.2) is 0 Å². The fraction of sp³-hybridized carbons (Fsp3) is 0.636. The lowest BCUT2D eigenvalue weighted by molar-refractivity contribution is 0.0666. The van der Waals surface area contributed by atoms with Gasteiger partial charge in [0.25, 0.3) is 5.91 Å². The Hall–Kier alpha value is -1.36. The third-order valence-corrected chi connectivity index (χ3v) is 3.07. The maximum atomic E-state index is 12.2.